The molecule has 1 aromatic rings. The van der Waals surface area contributed by atoms with Gasteiger partial charge in [-0.3, -0.25) is 4.79 Å². The number of hydrogen-bond acceptors (Lipinski definition) is 1. The first-order valence-electron chi connectivity index (χ1n) is 5.34. The minimum Gasteiger partial charge on any atom is -0.321 e. The second-order valence-electron chi connectivity index (χ2n) is 3.66. The Balaban J connectivity index is 2.26. The smallest absolute Gasteiger partial charge is 0.256 e. The van der Waals surface area contributed by atoms with Crippen LogP contribution in [0.2, 0.25) is 0 Å². The number of rotatable bonds is 3. The van der Waals surface area contributed by atoms with Crippen LogP contribution in [0.15, 0.2) is 24.3 Å². The van der Waals surface area contributed by atoms with Crippen molar-refractivity contribution in [3.05, 3.63) is 35.9 Å². The molecule has 1 amide bonds. The van der Waals surface area contributed by atoms with Gasteiger partial charge in [0.05, 0.1) is 5.57 Å². The van der Waals surface area contributed by atoms with Gasteiger partial charge in [-0.05, 0) is 25.0 Å². The fourth-order valence-electron chi connectivity index (χ4n) is 1.68. The van der Waals surface area contributed by atoms with Crippen molar-refractivity contribution < 1.29 is 4.79 Å². The Morgan fingerprint density at radius 3 is 2.93 bits per heavy atom. The Hall–Kier alpha value is -1.57. The van der Waals surface area contributed by atoms with E-state index in [0.29, 0.717) is 5.57 Å². The van der Waals surface area contributed by atoms with Gasteiger partial charge in [0.15, 0.2) is 0 Å². The number of para-hydroxylation sites is 1. The van der Waals surface area contributed by atoms with Gasteiger partial charge in [0.2, 0.25) is 0 Å². The lowest BCUT2D eigenvalue weighted by Crippen LogP contribution is -2.03. The van der Waals surface area contributed by atoms with E-state index in [1.54, 1.807) is 0 Å². The molecule has 1 radical (unpaired) electrons. The molecule has 1 aromatic carbocycles. The number of hydrogen-bond donors (Lipinski definition) is 1. The zero-order valence-corrected chi connectivity index (χ0v) is 8.84. The number of carbonyl (C=O) groups is 1. The zero-order valence-electron chi connectivity index (χ0n) is 8.84. The lowest BCUT2D eigenvalue weighted by Gasteiger charge is -1.96. The highest BCUT2D eigenvalue weighted by Crippen LogP contribution is 2.31. The van der Waals surface area contributed by atoms with E-state index in [2.05, 4.69) is 18.3 Å². The minimum absolute atomic E-state index is 0.0210. The molecular formula is C13H14NO. The van der Waals surface area contributed by atoms with Crippen molar-refractivity contribution in [3.8, 4) is 0 Å². The van der Waals surface area contributed by atoms with Crippen LogP contribution in [-0.2, 0) is 4.79 Å². The van der Waals surface area contributed by atoms with Gasteiger partial charge in [-0.2, -0.15) is 0 Å². The van der Waals surface area contributed by atoms with Crippen LogP contribution in [0.5, 0.6) is 0 Å². The van der Waals surface area contributed by atoms with Gasteiger partial charge in [-0.1, -0.05) is 31.5 Å². The second-order valence-corrected chi connectivity index (χ2v) is 3.66. The molecule has 0 bridgehead atoms. The van der Waals surface area contributed by atoms with Crippen LogP contribution in [-0.4, -0.2) is 5.91 Å². The van der Waals surface area contributed by atoms with E-state index in [-0.39, 0.29) is 5.91 Å². The molecule has 2 rings (SSSR count). The number of benzene rings is 1. The summed E-state index contributed by atoms with van der Waals surface area (Å²) in [6.45, 7) is 2.13. The lowest BCUT2D eigenvalue weighted by atomic mass is 10.1. The van der Waals surface area contributed by atoms with Crippen molar-refractivity contribution in [2.75, 3.05) is 5.32 Å². The molecule has 0 saturated heterocycles. The Labute approximate surface area is 90.0 Å². The summed E-state index contributed by atoms with van der Waals surface area (Å²) in [6, 6.07) is 7.75. The summed E-state index contributed by atoms with van der Waals surface area (Å²) in [6.07, 6.45) is 6.26. The first-order valence-corrected chi connectivity index (χ1v) is 5.34. The highest BCUT2D eigenvalue weighted by atomic mass is 16.1. The van der Waals surface area contributed by atoms with E-state index in [1.807, 2.05) is 24.3 Å². The molecule has 1 heterocycles. The van der Waals surface area contributed by atoms with Crippen LogP contribution in [0.3, 0.4) is 0 Å². The molecule has 2 nitrogen and oxygen atoms in total. The van der Waals surface area contributed by atoms with Crippen molar-refractivity contribution in [2.45, 2.75) is 26.2 Å². The highest BCUT2D eigenvalue weighted by Gasteiger charge is 2.22. The van der Waals surface area contributed by atoms with Gasteiger partial charge in [0.1, 0.15) is 0 Å². The largest absolute Gasteiger partial charge is 0.321 e. The van der Waals surface area contributed by atoms with Crippen molar-refractivity contribution in [3.63, 3.8) is 0 Å². The van der Waals surface area contributed by atoms with Crippen LogP contribution in [0.25, 0.3) is 5.57 Å². The molecule has 0 fully saturated rings. The molecule has 0 saturated carbocycles. The molecule has 15 heavy (non-hydrogen) atoms. The third-order valence-electron chi connectivity index (χ3n) is 2.50. The molecule has 1 aliphatic rings. The summed E-state index contributed by atoms with van der Waals surface area (Å²) in [4.78, 5) is 11.6. The molecule has 0 atom stereocenters. The summed E-state index contributed by atoms with van der Waals surface area (Å²) in [5.41, 5.74) is 2.60. The van der Waals surface area contributed by atoms with Crippen LogP contribution >= 0.6 is 0 Å². The predicted molar refractivity (Wildman–Crippen MR) is 61.2 cm³/mol. The predicted octanol–water partition coefficient (Wildman–Crippen LogP) is 3.02. The van der Waals surface area contributed by atoms with Crippen molar-refractivity contribution in [2.24, 2.45) is 0 Å². The average molecular weight is 200 g/mol. The third kappa shape index (κ3) is 1.94. The normalized spacial score (nSPS) is 16.6. The molecule has 0 spiro atoms. The topological polar surface area (TPSA) is 29.1 Å². The van der Waals surface area contributed by atoms with Crippen molar-refractivity contribution >= 4 is 17.2 Å². The summed E-state index contributed by atoms with van der Waals surface area (Å²) >= 11 is 0. The number of carbonyl (C=O) groups excluding carboxylic acids is 1. The van der Waals surface area contributed by atoms with E-state index in [4.69, 9.17) is 0 Å². The van der Waals surface area contributed by atoms with E-state index in [1.165, 1.54) is 0 Å². The summed E-state index contributed by atoms with van der Waals surface area (Å²) in [5, 5.41) is 2.84. The van der Waals surface area contributed by atoms with Gasteiger partial charge >= 0.3 is 0 Å². The second kappa shape index (κ2) is 4.30. The standard InChI is InChI=1S/C13H14NO/c1-2-3-4-8-11-10-7-5-6-9-12(10)14-13(11)15/h5-7,9H,2-4H2,1H3,(H,14,15). The average Bonchev–Trinajstić information content (AvgIpc) is 2.56. The third-order valence-corrected chi connectivity index (χ3v) is 2.50. The molecule has 2 heteroatoms. The molecule has 1 N–H and O–H groups in total. The molecule has 1 aliphatic heterocycles. The van der Waals surface area contributed by atoms with E-state index in [0.717, 1.165) is 30.5 Å². The monoisotopic (exact) mass is 200 g/mol. The number of anilines is 1. The molecule has 0 aliphatic carbocycles. The Morgan fingerprint density at radius 2 is 2.13 bits per heavy atom. The van der Waals surface area contributed by atoms with E-state index < -0.39 is 0 Å². The molecule has 0 aromatic heterocycles. The van der Waals surface area contributed by atoms with Gasteiger partial charge in [0, 0.05) is 11.3 Å². The Bertz CT molecular complexity index is 407. The van der Waals surface area contributed by atoms with Crippen molar-refractivity contribution in [1.82, 2.24) is 0 Å². The maximum Gasteiger partial charge on any atom is 0.256 e. The van der Waals surface area contributed by atoms with E-state index >= 15 is 0 Å². The molecule has 0 unspecified atom stereocenters. The zero-order chi connectivity index (χ0) is 10.7. The fourth-order valence-corrected chi connectivity index (χ4v) is 1.68. The van der Waals surface area contributed by atoms with E-state index in [9.17, 15) is 4.79 Å². The van der Waals surface area contributed by atoms with Crippen molar-refractivity contribution in [1.29, 1.82) is 0 Å². The Morgan fingerprint density at radius 1 is 1.33 bits per heavy atom. The maximum atomic E-state index is 11.6. The summed E-state index contributed by atoms with van der Waals surface area (Å²) < 4.78 is 0. The first-order chi connectivity index (χ1) is 7.33. The van der Waals surface area contributed by atoms with Crippen LogP contribution < -0.4 is 5.32 Å². The van der Waals surface area contributed by atoms with Gasteiger partial charge in [-0.15, -0.1) is 0 Å². The number of allylic oxidation sites excluding steroid dienone is 1. The first kappa shape index (κ1) is 9.97. The minimum atomic E-state index is -0.0210. The maximum absolute atomic E-state index is 11.6. The number of unbranched alkanes of at least 4 members (excludes halogenated alkanes) is 2. The molecular weight excluding hydrogens is 186 g/mol. The van der Waals surface area contributed by atoms with Gasteiger partial charge in [-0.25, -0.2) is 0 Å². The number of amides is 1. The molecule has 77 valence electrons. The number of nitrogens with one attached hydrogen (secondary N) is 1. The SMILES string of the molecule is CCCC[C]=C1C(=O)Nc2ccccc21. The van der Waals surface area contributed by atoms with Crippen LogP contribution in [0.1, 0.15) is 31.7 Å². The summed E-state index contributed by atoms with van der Waals surface area (Å²) in [7, 11) is 0. The fraction of sp³-hybridized carbons (Fsp3) is 0.308. The van der Waals surface area contributed by atoms with Gasteiger partial charge in [0.25, 0.3) is 5.91 Å². The highest BCUT2D eigenvalue weighted by molar-refractivity contribution is 6.30. The van der Waals surface area contributed by atoms with Gasteiger partial charge < -0.3 is 5.32 Å². The number of fused-ring (bicyclic) bond motifs is 1. The Kier molecular flexibility index (Phi) is 2.86. The van der Waals surface area contributed by atoms with Crippen LogP contribution in [0, 0.1) is 6.08 Å². The summed E-state index contributed by atoms with van der Waals surface area (Å²) in [5.74, 6) is -0.0210. The lowest BCUT2D eigenvalue weighted by molar-refractivity contribution is -0.110. The van der Waals surface area contributed by atoms with Crippen LogP contribution in [0.4, 0.5) is 5.69 Å². The quantitative estimate of drug-likeness (QED) is 0.589.